The molecule has 3 aromatic heterocycles. The number of aliphatic hydroxyl groups excluding tert-OH is 1. The Morgan fingerprint density at radius 3 is 2.91 bits per heavy atom. The molecule has 1 aromatic carbocycles. The second-order valence-corrected chi connectivity index (χ2v) is 8.17. The summed E-state index contributed by atoms with van der Waals surface area (Å²) >= 11 is 0. The van der Waals surface area contributed by atoms with Gasteiger partial charge in [-0.15, -0.1) is 0 Å². The molecule has 0 bridgehead atoms. The molecule has 0 spiro atoms. The number of β-amino-alcohol motifs (C(OH)–C–C–N with tert-alkyl or cyclic N) is 1. The quantitative estimate of drug-likeness (QED) is 0.477. The molecular weight excluding hydrogens is 406 g/mol. The van der Waals surface area contributed by atoms with E-state index in [0.29, 0.717) is 12.2 Å². The molecular formula is C23H25N7O2. The number of hydrogen-bond donors (Lipinski definition) is 2. The topological polar surface area (TPSA) is 101 Å². The first-order chi connectivity index (χ1) is 15.5. The van der Waals surface area contributed by atoms with Gasteiger partial charge in [0.25, 0.3) is 5.91 Å². The highest BCUT2D eigenvalue weighted by Crippen LogP contribution is 2.19. The van der Waals surface area contributed by atoms with Gasteiger partial charge < -0.3 is 10.4 Å². The van der Waals surface area contributed by atoms with Gasteiger partial charge in [0.15, 0.2) is 11.3 Å². The van der Waals surface area contributed by atoms with Crippen LogP contribution in [0.2, 0.25) is 0 Å². The molecule has 5 rings (SSSR count). The molecule has 0 saturated heterocycles. The minimum Gasteiger partial charge on any atom is -0.390 e. The Hall–Kier alpha value is -3.56. The van der Waals surface area contributed by atoms with Crippen LogP contribution in [0.15, 0.2) is 55.0 Å². The molecule has 4 aromatic rings. The van der Waals surface area contributed by atoms with Gasteiger partial charge in [0.1, 0.15) is 0 Å². The number of carbonyl (C=O) groups is 1. The lowest BCUT2D eigenvalue weighted by Gasteiger charge is -2.30. The molecule has 0 saturated carbocycles. The van der Waals surface area contributed by atoms with E-state index in [9.17, 15) is 9.90 Å². The Balaban J connectivity index is 1.18. The van der Waals surface area contributed by atoms with Gasteiger partial charge in [-0.25, -0.2) is 9.50 Å². The second-order valence-electron chi connectivity index (χ2n) is 8.17. The van der Waals surface area contributed by atoms with E-state index in [4.69, 9.17) is 0 Å². The molecule has 0 radical (unpaired) electrons. The summed E-state index contributed by atoms with van der Waals surface area (Å²) in [5.74, 6) is -0.332. The van der Waals surface area contributed by atoms with Crippen molar-refractivity contribution in [3.8, 4) is 11.3 Å². The van der Waals surface area contributed by atoms with Crippen LogP contribution in [-0.2, 0) is 20.0 Å². The fourth-order valence-corrected chi connectivity index (χ4v) is 4.08. The van der Waals surface area contributed by atoms with Gasteiger partial charge in [-0.05, 0) is 23.6 Å². The highest BCUT2D eigenvalue weighted by atomic mass is 16.3. The monoisotopic (exact) mass is 431 g/mol. The van der Waals surface area contributed by atoms with E-state index >= 15 is 0 Å². The highest BCUT2D eigenvalue weighted by Gasteiger charge is 2.19. The van der Waals surface area contributed by atoms with Crippen molar-refractivity contribution in [2.45, 2.75) is 19.1 Å². The van der Waals surface area contributed by atoms with Crippen molar-refractivity contribution in [3.63, 3.8) is 0 Å². The normalized spacial score (nSPS) is 14.9. The van der Waals surface area contributed by atoms with Crippen LogP contribution in [0, 0.1) is 0 Å². The van der Waals surface area contributed by atoms with Crippen molar-refractivity contribution in [2.75, 3.05) is 19.6 Å². The standard InChI is InChI=1S/C23H25N7O2/c1-28-13-18(11-25-28)20-7-9-30-22(26-20)10-21(27-30)23(32)24-12-19(31)15-29-8-6-16-4-2-3-5-17(16)14-29/h2-5,7,9-11,13,19,31H,6,8,12,14-15H2,1H3,(H,24,32)/t19-/m0/s1. The molecule has 9 nitrogen and oxygen atoms in total. The van der Waals surface area contributed by atoms with Crippen molar-refractivity contribution < 1.29 is 9.90 Å². The smallest absolute Gasteiger partial charge is 0.271 e. The zero-order chi connectivity index (χ0) is 22.1. The van der Waals surface area contributed by atoms with Crippen LogP contribution in [-0.4, -0.2) is 66.0 Å². The summed E-state index contributed by atoms with van der Waals surface area (Å²) < 4.78 is 3.28. The van der Waals surface area contributed by atoms with Gasteiger partial charge in [0, 0.05) is 57.3 Å². The Kier molecular flexibility index (Phi) is 5.42. The Labute approximate surface area is 185 Å². The van der Waals surface area contributed by atoms with E-state index in [1.54, 1.807) is 27.7 Å². The van der Waals surface area contributed by atoms with Crippen molar-refractivity contribution in [2.24, 2.45) is 7.05 Å². The van der Waals surface area contributed by atoms with E-state index in [-0.39, 0.29) is 18.1 Å². The van der Waals surface area contributed by atoms with Crippen molar-refractivity contribution in [3.05, 3.63) is 71.8 Å². The SMILES string of the molecule is Cn1cc(-c2ccn3nc(C(=O)NC[C@H](O)CN4CCc5ccccc5C4)cc3n2)cn1. The van der Waals surface area contributed by atoms with Crippen molar-refractivity contribution >= 4 is 11.6 Å². The molecule has 164 valence electrons. The number of aryl methyl sites for hydroxylation is 1. The van der Waals surface area contributed by atoms with E-state index in [0.717, 1.165) is 30.8 Å². The van der Waals surface area contributed by atoms with Crippen LogP contribution in [0.1, 0.15) is 21.6 Å². The van der Waals surface area contributed by atoms with Gasteiger partial charge in [-0.1, -0.05) is 24.3 Å². The Morgan fingerprint density at radius 1 is 1.25 bits per heavy atom. The zero-order valence-electron chi connectivity index (χ0n) is 17.8. The van der Waals surface area contributed by atoms with Gasteiger partial charge in [0.05, 0.1) is 18.0 Å². The summed E-state index contributed by atoms with van der Waals surface area (Å²) in [4.78, 5) is 19.4. The number of nitrogens with zero attached hydrogens (tertiary/aromatic N) is 6. The van der Waals surface area contributed by atoms with Crippen LogP contribution >= 0.6 is 0 Å². The first kappa shape index (κ1) is 20.3. The number of aromatic nitrogens is 5. The summed E-state index contributed by atoms with van der Waals surface area (Å²) in [5.41, 5.74) is 5.17. The molecule has 4 heterocycles. The van der Waals surface area contributed by atoms with Crippen LogP contribution in [0.5, 0.6) is 0 Å². The number of rotatable bonds is 6. The number of amides is 1. The van der Waals surface area contributed by atoms with Crippen LogP contribution in [0.3, 0.4) is 0 Å². The van der Waals surface area contributed by atoms with E-state index in [1.807, 2.05) is 25.4 Å². The van der Waals surface area contributed by atoms with Crippen molar-refractivity contribution in [1.82, 2.24) is 34.6 Å². The van der Waals surface area contributed by atoms with E-state index in [1.165, 1.54) is 11.1 Å². The average molecular weight is 432 g/mol. The third-order valence-electron chi connectivity index (χ3n) is 5.73. The van der Waals surface area contributed by atoms with Gasteiger partial charge >= 0.3 is 0 Å². The molecule has 32 heavy (non-hydrogen) atoms. The summed E-state index contributed by atoms with van der Waals surface area (Å²) in [7, 11) is 1.85. The number of carbonyl (C=O) groups excluding carboxylic acids is 1. The Morgan fingerprint density at radius 2 is 2.09 bits per heavy atom. The molecule has 1 amide bonds. The largest absolute Gasteiger partial charge is 0.390 e. The van der Waals surface area contributed by atoms with Crippen molar-refractivity contribution in [1.29, 1.82) is 0 Å². The van der Waals surface area contributed by atoms with E-state index in [2.05, 4.69) is 43.6 Å². The number of nitrogens with one attached hydrogen (secondary N) is 1. The summed E-state index contributed by atoms with van der Waals surface area (Å²) in [6.45, 7) is 2.40. The lowest BCUT2D eigenvalue weighted by molar-refractivity contribution is 0.0838. The second kappa shape index (κ2) is 8.52. The number of hydrogen-bond acceptors (Lipinski definition) is 6. The van der Waals surface area contributed by atoms with Crippen LogP contribution < -0.4 is 5.32 Å². The molecule has 0 aliphatic carbocycles. The molecule has 2 N–H and O–H groups in total. The minimum atomic E-state index is -0.656. The maximum atomic E-state index is 12.6. The number of aliphatic hydroxyl groups is 1. The molecule has 9 heteroatoms. The lowest BCUT2D eigenvalue weighted by Crippen LogP contribution is -2.42. The van der Waals surface area contributed by atoms with Gasteiger partial charge in [-0.2, -0.15) is 10.2 Å². The zero-order valence-corrected chi connectivity index (χ0v) is 17.8. The van der Waals surface area contributed by atoms with Gasteiger partial charge in [0.2, 0.25) is 0 Å². The maximum Gasteiger partial charge on any atom is 0.271 e. The fourth-order valence-electron chi connectivity index (χ4n) is 4.08. The lowest BCUT2D eigenvalue weighted by atomic mass is 10.00. The Bertz CT molecular complexity index is 1260. The summed E-state index contributed by atoms with van der Waals surface area (Å²) in [6.07, 6.45) is 5.71. The molecule has 1 atom stereocenters. The third-order valence-corrected chi connectivity index (χ3v) is 5.73. The third kappa shape index (κ3) is 4.25. The predicted octanol–water partition coefficient (Wildman–Crippen LogP) is 1.28. The molecule has 1 aliphatic heterocycles. The first-order valence-electron chi connectivity index (χ1n) is 10.7. The summed E-state index contributed by atoms with van der Waals surface area (Å²) in [6, 6.07) is 11.9. The van der Waals surface area contributed by atoms with E-state index < -0.39 is 6.10 Å². The molecule has 0 unspecified atom stereocenters. The number of fused-ring (bicyclic) bond motifs is 2. The maximum absolute atomic E-state index is 12.6. The number of benzene rings is 1. The highest BCUT2D eigenvalue weighted by molar-refractivity contribution is 5.93. The van der Waals surface area contributed by atoms with Crippen LogP contribution in [0.25, 0.3) is 16.9 Å². The fraction of sp³-hybridized carbons (Fsp3) is 0.304. The minimum absolute atomic E-state index is 0.166. The first-order valence-corrected chi connectivity index (χ1v) is 10.7. The molecule has 0 fully saturated rings. The summed E-state index contributed by atoms with van der Waals surface area (Å²) in [5, 5.41) is 21.7. The predicted molar refractivity (Wildman–Crippen MR) is 119 cm³/mol. The van der Waals surface area contributed by atoms with Gasteiger partial charge in [-0.3, -0.25) is 14.4 Å². The van der Waals surface area contributed by atoms with Crippen LogP contribution in [0.4, 0.5) is 0 Å². The molecule has 1 aliphatic rings. The average Bonchev–Trinajstić information content (AvgIpc) is 3.43.